The highest BCUT2D eigenvalue weighted by molar-refractivity contribution is 5.78. The Hall–Kier alpha value is -2.19. The topological polar surface area (TPSA) is 51.4 Å². The van der Waals surface area contributed by atoms with Crippen molar-refractivity contribution in [3.05, 3.63) is 46.8 Å². The molecule has 0 radical (unpaired) electrons. The van der Waals surface area contributed by atoms with Gasteiger partial charge in [0.25, 0.3) is 11.6 Å². The number of rotatable bonds is 1. The first kappa shape index (κ1) is 8.41. The largest absolute Gasteiger partial charge is 0.272 e. The van der Waals surface area contributed by atoms with E-state index in [1.54, 1.807) is 18.2 Å². The SMILES string of the molecule is O=C=Nn1c(=O)ccc2ccccc21. The van der Waals surface area contributed by atoms with E-state index in [0.29, 0.717) is 5.52 Å². The summed E-state index contributed by atoms with van der Waals surface area (Å²) in [6, 6.07) is 10.2. The molecule has 0 atom stereocenters. The maximum atomic E-state index is 11.3. The van der Waals surface area contributed by atoms with E-state index in [0.717, 1.165) is 10.1 Å². The number of hydrogen-bond acceptors (Lipinski definition) is 3. The van der Waals surface area contributed by atoms with Gasteiger partial charge in [0.15, 0.2) is 0 Å². The second-order valence-corrected chi connectivity index (χ2v) is 2.73. The lowest BCUT2D eigenvalue weighted by molar-refractivity contribution is 0.560. The van der Waals surface area contributed by atoms with Gasteiger partial charge in [0.1, 0.15) is 0 Å². The molecule has 0 fully saturated rings. The smallest absolute Gasteiger partial charge is 0.267 e. The molecule has 4 nitrogen and oxygen atoms in total. The first-order valence-corrected chi connectivity index (χ1v) is 4.02. The van der Waals surface area contributed by atoms with Gasteiger partial charge in [-0.3, -0.25) is 4.79 Å². The second kappa shape index (κ2) is 3.28. The zero-order valence-electron chi connectivity index (χ0n) is 7.18. The van der Waals surface area contributed by atoms with Crippen LogP contribution in [0.2, 0.25) is 0 Å². The molecule has 1 aromatic heterocycles. The van der Waals surface area contributed by atoms with Crippen LogP contribution in [0.5, 0.6) is 0 Å². The van der Waals surface area contributed by atoms with Gasteiger partial charge in [0, 0.05) is 11.5 Å². The molecule has 0 bridgehead atoms. The molecule has 0 aliphatic heterocycles. The standard InChI is InChI=1S/C10H6N2O2/c13-7-11-12-9-4-2-1-3-8(9)5-6-10(12)14/h1-6H. The van der Waals surface area contributed by atoms with Crippen LogP contribution in [0.25, 0.3) is 10.9 Å². The summed E-state index contributed by atoms with van der Waals surface area (Å²) >= 11 is 0. The molecule has 0 saturated heterocycles. The van der Waals surface area contributed by atoms with Gasteiger partial charge in [-0.2, -0.15) is 4.68 Å². The molecule has 0 saturated carbocycles. The lowest BCUT2D eigenvalue weighted by atomic mass is 10.2. The van der Waals surface area contributed by atoms with Crippen molar-refractivity contribution in [3.63, 3.8) is 0 Å². The van der Waals surface area contributed by atoms with E-state index in [-0.39, 0.29) is 5.56 Å². The number of benzene rings is 1. The van der Waals surface area contributed by atoms with Crippen molar-refractivity contribution in [1.82, 2.24) is 4.68 Å². The van der Waals surface area contributed by atoms with Crippen LogP contribution >= 0.6 is 0 Å². The lowest BCUT2D eigenvalue weighted by Gasteiger charge is -2.00. The summed E-state index contributed by atoms with van der Waals surface area (Å²) < 4.78 is 1.03. The highest BCUT2D eigenvalue weighted by Gasteiger charge is 1.99. The average Bonchev–Trinajstić information content (AvgIpc) is 2.23. The Kier molecular flexibility index (Phi) is 1.97. The van der Waals surface area contributed by atoms with Crippen LogP contribution in [0.3, 0.4) is 0 Å². The van der Waals surface area contributed by atoms with Crippen molar-refractivity contribution in [2.75, 3.05) is 0 Å². The first-order valence-electron chi connectivity index (χ1n) is 4.02. The van der Waals surface area contributed by atoms with Gasteiger partial charge in [-0.1, -0.05) is 23.3 Å². The van der Waals surface area contributed by atoms with Crippen LogP contribution in [0.1, 0.15) is 0 Å². The monoisotopic (exact) mass is 186 g/mol. The molecule has 0 aliphatic carbocycles. The van der Waals surface area contributed by atoms with Crippen molar-refractivity contribution in [1.29, 1.82) is 0 Å². The number of nitrogens with zero attached hydrogens (tertiary/aromatic N) is 2. The summed E-state index contributed by atoms with van der Waals surface area (Å²) in [5.41, 5.74) is 0.260. The molecule has 14 heavy (non-hydrogen) atoms. The van der Waals surface area contributed by atoms with Crippen molar-refractivity contribution in [2.45, 2.75) is 0 Å². The van der Waals surface area contributed by atoms with Crippen molar-refractivity contribution >= 4 is 17.0 Å². The third-order valence-electron chi connectivity index (χ3n) is 1.92. The molecule has 0 spiro atoms. The molecule has 0 unspecified atom stereocenters. The normalized spacial score (nSPS) is 9.71. The maximum absolute atomic E-state index is 11.3. The first-order chi connectivity index (χ1) is 6.83. The summed E-state index contributed by atoms with van der Waals surface area (Å²) in [6.45, 7) is 0. The van der Waals surface area contributed by atoms with E-state index in [2.05, 4.69) is 5.10 Å². The molecular formula is C10H6N2O2. The Morgan fingerprint density at radius 1 is 1.14 bits per heavy atom. The second-order valence-electron chi connectivity index (χ2n) is 2.73. The van der Waals surface area contributed by atoms with E-state index in [9.17, 15) is 9.59 Å². The van der Waals surface area contributed by atoms with E-state index < -0.39 is 0 Å². The number of pyridine rings is 1. The number of isocyanates is 1. The number of fused-ring (bicyclic) bond motifs is 1. The van der Waals surface area contributed by atoms with Gasteiger partial charge < -0.3 is 0 Å². The van der Waals surface area contributed by atoms with Crippen LogP contribution < -0.4 is 5.56 Å². The summed E-state index contributed by atoms with van der Waals surface area (Å²) in [6.07, 6.45) is 1.35. The fourth-order valence-electron chi connectivity index (χ4n) is 1.32. The van der Waals surface area contributed by atoms with Crippen LogP contribution in [-0.2, 0) is 4.79 Å². The number of aromatic nitrogens is 1. The van der Waals surface area contributed by atoms with Gasteiger partial charge in [-0.25, -0.2) is 4.79 Å². The highest BCUT2D eigenvalue weighted by Crippen LogP contribution is 2.09. The van der Waals surface area contributed by atoms with Crippen molar-refractivity contribution in [2.24, 2.45) is 5.10 Å². The van der Waals surface area contributed by atoms with E-state index in [1.165, 1.54) is 12.1 Å². The summed E-state index contributed by atoms with van der Waals surface area (Å²) in [5, 5.41) is 4.19. The molecule has 1 aromatic carbocycles. The van der Waals surface area contributed by atoms with E-state index in [4.69, 9.17) is 0 Å². The highest BCUT2D eigenvalue weighted by atomic mass is 16.1. The van der Waals surface area contributed by atoms with Gasteiger partial charge in [0.2, 0.25) is 0 Å². The minimum Gasteiger partial charge on any atom is -0.267 e. The summed E-state index contributed by atoms with van der Waals surface area (Å²) in [5.74, 6) is 0. The summed E-state index contributed by atoms with van der Waals surface area (Å²) in [4.78, 5) is 21.4. The third-order valence-corrected chi connectivity index (χ3v) is 1.92. The van der Waals surface area contributed by atoms with Gasteiger partial charge >= 0.3 is 0 Å². The van der Waals surface area contributed by atoms with Crippen LogP contribution in [0.4, 0.5) is 0 Å². The van der Waals surface area contributed by atoms with Crippen LogP contribution in [0, 0.1) is 0 Å². The molecule has 2 rings (SSSR count). The average molecular weight is 186 g/mol. The minimum absolute atomic E-state index is 0.341. The molecular weight excluding hydrogens is 180 g/mol. The Morgan fingerprint density at radius 2 is 1.93 bits per heavy atom. The Morgan fingerprint density at radius 3 is 2.71 bits per heavy atom. The fourth-order valence-corrected chi connectivity index (χ4v) is 1.32. The summed E-state index contributed by atoms with van der Waals surface area (Å²) in [7, 11) is 0. The molecule has 0 N–H and O–H groups in total. The molecule has 4 heteroatoms. The lowest BCUT2D eigenvalue weighted by Crippen LogP contribution is -2.14. The van der Waals surface area contributed by atoms with E-state index >= 15 is 0 Å². The predicted octanol–water partition coefficient (Wildman–Crippen LogP) is 1.10. The third kappa shape index (κ3) is 1.24. The molecule has 0 aliphatic rings. The predicted molar refractivity (Wildman–Crippen MR) is 51.7 cm³/mol. The van der Waals surface area contributed by atoms with Crippen molar-refractivity contribution in [3.8, 4) is 0 Å². The zero-order valence-corrected chi connectivity index (χ0v) is 7.18. The van der Waals surface area contributed by atoms with Crippen LogP contribution in [0.15, 0.2) is 46.3 Å². The molecule has 1 heterocycles. The molecule has 68 valence electrons. The minimum atomic E-state index is -0.341. The van der Waals surface area contributed by atoms with Gasteiger partial charge in [-0.15, -0.1) is 0 Å². The van der Waals surface area contributed by atoms with Crippen LogP contribution in [-0.4, -0.2) is 10.8 Å². The molecule has 0 amide bonds. The Bertz CT molecular complexity index is 580. The fraction of sp³-hybridized carbons (Fsp3) is 0. The van der Waals surface area contributed by atoms with Gasteiger partial charge in [-0.05, 0) is 12.1 Å². The molecule has 2 aromatic rings. The maximum Gasteiger partial charge on any atom is 0.272 e. The Balaban J connectivity index is 2.96. The Labute approximate surface area is 79.1 Å². The number of para-hydroxylation sites is 1. The van der Waals surface area contributed by atoms with Crippen molar-refractivity contribution < 1.29 is 4.79 Å². The van der Waals surface area contributed by atoms with Gasteiger partial charge in [0.05, 0.1) is 5.52 Å². The quantitative estimate of drug-likeness (QED) is 0.494. The number of carbonyl (C=O) groups excluding carboxylic acids is 1. The zero-order chi connectivity index (χ0) is 9.97. The van der Waals surface area contributed by atoms with E-state index in [1.807, 2.05) is 12.1 Å². The number of hydrogen-bond donors (Lipinski definition) is 0.